The maximum atomic E-state index is 12.0. The van der Waals surface area contributed by atoms with Crippen LogP contribution < -0.4 is 0 Å². The van der Waals surface area contributed by atoms with E-state index in [9.17, 15) is 9.59 Å². The molecule has 1 N–H and O–H groups in total. The molecule has 1 aliphatic rings. The number of piperidine rings is 1. The highest BCUT2D eigenvalue weighted by molar-refractivity contribution is 5.68. The fourth-order valence-electron chi connectivity index (χ4n) is 2.03. The Hall–Kier alpha value is -1.94. The number of aliphatic hydroxyl groups is 1. The van der Waals surface area contributed by atoms with E-state index in [1.165, 1.54) is 7.11 Å². The van der Waals surface area contributed by atoms with Crippen molar-refractivity contribution in [3.8, 4) is 11.8 Å². The Balaban J connectivity index is 2.72. The first-order valence-electron chi connectivity index (χ1n) is 7.07. The molecule has 7 heteroatoms. The smallest absolute Gasteiger partial charge is 0.444 e. The lowest BCUT2D eigenvalue weighted by Crippen LogP contribution is -2.49. The molecule has 7 nitrogen and oxygen atoms in total. The van der Waals surface area contributed by atoms with Gasteiger partial charge in [0.25, 0.3) is 0 Å². The van der Waals surface area contributed by atoms with Gasteiger partial charge in [0.15, 0.2) is 5.60 Å². The summed E-state index contributed by atoms with van der Waals surface area (Å²) in [5, 5.41) is 8.84. The van der Waals surface area contributed by atoms with Crippen molar-refractivity contribution in [1.29, 1.82) is 0 Å². The van der Waals surface area contributed by atoms with Gasteiger partial charge in [-0.25, -0.2) is 9.59 Å². The van der Waals surface area contributed by atoms with Crippen LogP contribution in [0, 0.1) is 11.8 Å². The predicted octanol–water partition coefficient (Wildman–Crippen LogP) is 1.53. The molecule has 1 aliphatic heterocycles. The van der Waals surface area contributed by atoms with Crippen LogP contribution >= 0.6 is 0 Å². The van der Waals surface area contributed by atoms with E-state index >= 15 is 0 Å². The SMILES string of the molecule is COC(=O)OC1(C#CCO)CCN(C(=O)OC(C)(C)C)CC1. The van der Waals surface area contributed by atoms with Crippen molar-refractivity contribution in [2.75, 3.05) is 26.8 Å². The van der Waals surface area contributed by atoms with E-state index in [-0.39, 0.29) is 6.61 Å². The zero-order chi connectivity index (χ0) is 16.8. The van der Waals surface area contributed by atoms with Gasteiger partial charge >= 0.3 is 12.2 Å². The molecule has 0 aromatic heterocycles. The fourth-order valence-corrected chi connectivity index (χ4v) is 2.03. The summed E-state index contributed by atoms with van der Waals surface area (Å²) in [7, 11) is 1.21. The molecule has 1 amide bonds. The van der Waals surface area contributed by atoms with Crippen LogP contribution in [-0.2, 0) is 14.2 Å². The van der Waals surface area contributed by atoms with Crippen LogP contribution in [0.15, 0.2) is 0 Å². The van der Waals surface area contributed by atoms with Gasteiger partial charge < -0.3 is 24.2 Å². The van der Waals surface area contributed by atoms with E-state index < -0.39 is 23.5 Å². The van der Waals surface area contributed by atoms with Crippen molar-refractivity contribution in [2.45, 2.75) is 44.8 Å². The van der Waals surface area contributed by atoms with Crippen molar-refractivity contribution in [3.63, 3.8) is 0 Å². The molecule has 0 radical (unpaired) electrons. The van der Waals surface area contributed by atoms with Crippen molar-refractivity contribution >= 4 is 12.2 Å². The van der Waals surface area contributed by atoms with Gasteiger partial charge in [-0.05, 0) is 20.8 Å². The molecule has 124 valence electrons. The van der Waals surface area contributed by atoms with Crippen molar-refractivity contribution < 1.29 is 28.9 Å². The van der Waals surface area contributed by atoms with Gasteiger partial charge in [-0.15, -0.1) is 0 Å². The molecular weight excluding hydrogens is 290 g/mol. The molecule has 1 saturated heterocycles. The van der Waals surface area contributed by atoms with Crippen LogP contribution in [0.25, 0.3) is 0 Å². The Bertz CT molecular complexity index is 463. The van der Waals surface area contributed by atoms with Crippen LogP contribution in [0.5, 0.6) is 0 Å². The zero-order valence-corrected chi connectivity index (χ0v) is 13.5. The van der Waals surface area contributed by atoms with Crippen LogP contribution in [-0.4, -0.2) is 60.3 Å². The van der Waals surface area contributed by atoms with E-state index in [1.54, 1.807) is 25.7 Å². The average molecular weight is 313 g/mol. The predicted molar refractivity (Wildman–Crippen MR) is 78.1 cm³/mol. The zero-order valence-electron chi connectivity index (χ0n) is 13.5. The summed E-state index contributed by atoms with van der Waals surface area (Å²) in [4.78, 5) is 24.9. The number of aliphatic hydroxyl groups excluding tert-OH is 1. The molecule has 0 aromatic carbocycles. The number of carbonyl (C=O) groups excluding carboxylic acids is 2. The van der Waals surface area contributed by atoms with Gasteiger partial charge in [0.05, 0.1) is 7.11 Å². The van der Waals surface area contributed by atoms with E-state index in [0.29, 0.717) is 25.9 Å². The summed E-state index contributed by atoms with van der Waals surface area (Å²) in [6.45, 7) is 5.74. The third kappa shape index (κ3) is 5.45. The van der Waals surface area contributed by atoms with E-state index in [2.05, 4.69) is 16.6 Å². The summed E-state index contributed by atoms with van der Waals surface area (Å²) < 4.78 is 15.0. The first kappa shape index (κ1) is 18.1. The fraction of sp³-hybridized carbons (Fsp3) is 0.733. The Labute approximate surface area is 130 Å². The number of likely N-dealkylation sites (tertiary alicyclic amines) is 1. The molecule has 1 heterocycles. The highest BCUT2D eigenvalue weighted by Crippen LogP contribution is 2.27. The lowest BCUT2D eigenvalue weighted by atomic mass is 9.92. The Morgan fingerprint density at radius 2 is 1.86 bits per heavy atom. The van der Waals surface area contributed by atoms with Gasteiger partial charge in [-0.3, -0.25) is 0 Å². The van der Waals surface area contributed by atoms with Gasteiger partial charge in [0.2, 0.25) is 0 Å². The summed E-state index contributed by atoms with van der Waals surface area (Å²) in [5.41, 5.74) is -1.61. The number of hydrogen-bond donors (Lipinski definition) is 1. The van der Waals surface area contributed by atoms with Gasteiger partial charge in [0.1, 0.15) is 12.2 Å². The number of rotatable bonds is 1. The van der Waals surface area contributed by atoms with Crippen LogP contribution in [0.3, 0.4) is 0 Å². The maximum Gasteiger partial charge on any atom is 0.509 e. The molecule has 0 saturated carbocycles. The normalized spacial score (nSPS) is 17.0. The number of hydrogen-bond acceptors (Lipinski definition) is 6. The highest BCUT2D eigenvalue weighted by Gasteiger charge is 2.39. The second-order valence-electron chi connectivity index (χ2n) is 5.98. The Kier molecular flexibility index (Phi) is 6.06. The number of methoxy groups -OCH3 is 1. The van der Waals surface area contributed by atoms with E-state index in [1.807, 2.05) is 0 Å². The van der Waals surface area contributed by atoms with Crippen molar-refractivity contribution in [2.24, 2.45) is 0 Å². The maximum absolute atomic E-state index is 12.0. The second-order valence-corrected chi connectivity index (χ2v) is 5.98. The standard InChI is InChI=1S/C15H23NO6/c1-14(2,3)21-12(18)16-9-7-15(8-10-16,6-5-11-17)22-13(19)20-4/h17H,7-11H2,1-4H3. The molecule has 0 spiro atoms. The van der Waals surface area contributed by atoms with Gasteiger partial charge in [0, 0.05) is 25.9 Å². The summed E-state index contributed by atoms with van der Waals surface area (Å²) >= 11 is 0. The first-order valence-corrected chi connectivity index (χ1v) is 7.07. The topological polar surface area (TPSA) is 85.3 Å². The van der Waals surface area contributed by atoms with E-state index in [0.717, 1.165) is 0 Å². The largest absolute Gasteiger partial charge is 0.509 e. The average Bonchev–Trinajstić information content (AvgIpc) is 2.44. The highest BCUT2D eigenvalue weighted by atomic mass is 16.7. The summed E-state index contributed by atoms with van der Waals surface area (Å²) in [5.74, 6) is 5.26. The number of ether oxygens (including phenoxy) is 3. The Morgan fingerprint density at radius 3 is 2.32 bits per heavy atom. The second kappa shape index (κ2) is 7.36. The monoisotopic (exact) mass is 313 g/mol. The third-order valence-corrected chi connectivity index (χ3v) is 3.06. The lowest BCUT2D eigenvalue weighted by Gasteiger charge is -2.37. The first-order chi connectivity index (χ1) is 10.2. The minimum atomic E-state index is -1.05. The van der Waals surface area contributed by atoms with Gasteiger partial charge in [-0.1, -0.05) is 11.8 Å². The molecule has 0 atom stereocenters. The molecule has 0 unspecified atom stereocenters. The Morgan fingerprint density at radius 1 is 1.27 bits per heavy atom. The molecule has 0 aromatic rings. The lowest BCUT2D eigenvalue weighted by molar-refractivity contribution is -0.0339. The molecule has 1 fully saturated rings. The van der Waals surface area contributed by atoms with Crippen molar-refractivity contribution in [3.05, 3.63) is 0 Å². The van der Waals surface area contributed by atoms with Crippen LogP contribution in [0.2, 0.25) is 0 Å². The summed E-state index contributed by atoms with van der Waals surface area (Å²) in [6, 6.07) is 0. The molecule has 22 heavy (non-hydrogen) atoms. The molecular formula is C15H23NO6. The quantitative estimate of drug-likeness (QED) is 0.584. The number of carbonyl (C=O) groups is 2. The molecule has 0 aliphatic carbocycles. The van der Waals surface area contributed by atoms with Crippen molar-refractivity contribution in [1.82, 2.24) is 4.90 Å². The summed E-state index contributed by atoms with van der Waals surface area (Å²) in [6.07, 6.45) is -0.588. The minimum Gasteiger partial charge on any atom is -0.444 e. The van der Waals surface area contributed by atoms with Crippen LogP contribution in [0.4, 0.5) is 9.59 Å². The van der Waals surface area contributed by atoms with E-state index in [4.69, 9.17) is 14.6 Å². The minimum absolute atomic E-state index is 0.328. The molecule has 0 bridgehead atoms. The number of nitrogens with zero attached hydrogens (tertiary/aromatic N) is 1. The van der Waals surface area contributed by atoms with Gasteiger partial charge in [-0.2, -0.15) is 0 Å². The van der Waals surface area contributed by atoms with Crippen LogP contribution in [0.1, 0.15) is 33.6 Å². The molecule has 1 rings (SSSR count). The number of amides is 1. The third-order valence-electron chi connectivity index (χ3n) is 3.06.